The minimum absolute atomic E-state index is 0.0119. The lowest BCUT2D eigenvalue weighted by molar-refractivity contribution is 0.0940. The van der Waals surface area contributed by atoms with Gasteiger partial charge in [-0.15, -0.1) is 0 Å². The molecule has 94 valence electrons. The molecule has 0 fully saturated rings. The van der Waals surface area contributed by atoms with Crippen LogP contribution in [0.4, 0.5) is 0 Å². The van der Waals surface area contributed by atoms with Crippen LogP contribution in [-0.4, -0.2) is 24.2 Å². The molecule has 0 atom stereocenters. The highest BCUT2D eigenvalue weighted by molar-refractivity contribution is 5.99. The molecule has 0 radical (unpaired) electrons. The van der Waals surface area contributed by atoms with Crippen molar-refractivity contribution in [3.63, 3.8) is 0 Å². The van der Waals surface area contributed by atoms with E-state index in [4.69, 9.17) is 9.52 Å². The fourth-order valence-electron chi connectivity index (χ4n) is 1.82. The number of aryl methyl sites for hydroxylation is 1. The maximum Gasteiger partial charge on any atom is 0.349 e. The molecule has 1 amide bonds. The highest BCUT2D eigenvalue weighted by Crippen LogP contribution is 2.18. The third kappa shape index (κ3) is 2.12. The number of carbonyl (C=O) groups is 1. The van der Waals surface area contributed by atoms with Crippen LogP contribution in [0.3, 0.4) is 0 Å². The number of hydrogen-bond donors (Lipinski definition) is 2. The Hall–Kier alpha value is -2.14. The van der Waals surface area contributed by atoms with E-state index in [0.717, 1.165) is 5.39 Å². The summed E-state index contributed by atoms with van der Waals surface area (Å²) in [5.74, 6) is -0.527. The molecule has 0 aliphatic heterocycles. The molecule has 0 saturated heterocycles. The van der Waals surface area contributed by atoms with E-state index in [9.17, 15) is 9.59 Å². The van der Waals surface area contributed by atoms with Crippen LogP contribution in [-0.2, 0) is 0 Å². The van der Waals surface area contributed by atoms with Gasteiger partial charge in [0.05, 0.1) is 6.61 Å². The Kier molecular flexibility index (Phi) is 3.43. The first-order valence-electron chi connectivity index (χ1n) is 5.56. The number of para-hydroxylation sites is 1. The van der Waals surface area contributed by atoms with E-state index in [-0.39, 0.29) is 18.7 Å². The van der Waals surface area contributed by atoms with Crippen LogP contribution in [0.2, 0.25) is 0 Å². The Morgan fingerprint density at radius 3 is 2.83 bits per heavy atom. The van der Waals surface area contributed by atoms with Gasteiger partial charge < -0.3 is 14.8 Å². The lowest BCUT2D eigenvalue weighted by Crippen LogP contribution is -2.31. The molecule has 2 N–H and O–H groups in total. The normalized spacial score (nSPS) is 10.6. The molecule has 18 heavy (non-hydrogen) atoms. The molecule has 1 heterocycles. The predicted molar refractivity (Wildman–Crippen MR) is 66.6 cm³/mol. The maximum atomic E-state index is 11.8. The number of fused-ring (bicyclic) bond motifs is 1. The Morgan fingerprint density at radius 2 is 2.11 bits per heavy atom. The molecule has 0 saturated carbocycles. The zero-order valence-electron chi connectivity index (χ0n) is 9.90. The fourth-order valence-corrected chi connectivity index (χ4v) is 1.82. The SMILES string of the molecule is Cc1c(C(=O)NCCO)c(=O)oc2ccccc12. The quantitative estimate of drug-likeness (QED) is 0.787. The highest BCUT2D eigenvalue weighted by Gasteiger charge is 2.17. The lowest BCUT2D eigenvalue weighted by atomic mass is 10.1. The summed E-state index contributed by atoms with van der Waals surface area (Å²) in [5.41, 5.74) is 0.361. The Labute approximate surface area is 103 Å². The molecule has 0 unspecified atom stereocenters. The van der Waals surface area contributed by atoms with Crippen molar-refractivity contribution in [1.29, 1.82) is 0 Å². The first kappa shape index (κ1) is 12.3. The van der Waals surface area contributed by atoms with Crippen LogP contribution in [0.1, 0.15) is 15.9 Å². The van der Waals surface area contributed by atoms with Crippen molar-refractivity contribution in [1.82, 2.24) is 5.32 Å². The summed E-state index contributed by atoms with van der Waals surface area (Å²) >= 11 is 0. The number of rotatable bonds is 3. The summed E-state index contributed by atoms with van der Waals surface area (Å²) < 4.78 is 5.10. The van der Waals surface area contributed by atoms with E-state index in [1.807, 2.05) is 6.07 Å². The molecule has 0 aliphatic carbocycles. The van der Waals surface area contributed by atoms with Crippen molar-refractivity contribution in [2.45, 2.75) is 6.92 Å². The molecule has 0 bridgehead atoms. The van der Waals surface area contributed by atoms with Gasteiger partial charge in [-0.1, -0.05) is 18.2 Å². The van der Waals surface area contributed by atoms with E-state index >= 15 is 0 Å². The van der Waals surface area contributed by atoms with Gasteiger partial charge in [0.1, 0.15) is 11.1 Å². The molecule has 2 aromatic rings. The number of aliphatic hydroxyl groups is 1. The summed E-state index contributed by atoms with van der Waals surface area (Å²) in [6.07, 6.45) is 0. The molecule has 0 spiro atoms. The Balaban J connectivity index is 2.57. The zero-order chi connectivity index (χ0) is 13.1. The second-order valence-corrected chi connectivity index (χ2v) is 3.87. The standard InChI is InChI=1S/C13H13NO4/c1-8-9-4-2-3-5-10(9)18-13(17)11(8)12(16)14-6-7-15/h2-5,15H,6-7H2,1H3,(H,14,16). The molecular weight excluding hydrogens is 234 g/mol. The number of hydrogen-bond acceptors (Lipinski definition) is 4. The Bertz CT molecular complexity index is 645. The molecular formula is C13H13NO4. The van der Waals surface area contributed by atoms with Gasteiger partial charge in [-0.25, -0.2) is 4.79 Å². The second-order valence-electron chi connectivity index (χ2n) is 3.87. The number of carbonyl (C=O) groups excluding carboxylic acids is 1. The van der Waals surface area contributed by atoms with Crippen molar-refractivity contribution in [3.8, 4) is 0 Å². The van der Waals surface area contributed by atoms with Gasteiger partial charge in [0.2, 0.25) is 0 Å². The van der Waals surface area contributed by atoms with Gasteiger partial charge in [0, 0.05) is 11.9 Å². The zero-order valence-corrected chi connectivity index (χ0v) is 9.90. The van der Waals surface area contributed by atoms with E-state index < -0.39 is 11.5 Å². The summed E-state index contributed by atoms with van der Waals surface area (Å²) in [5, 5.41) is 11.8. The molecule has 2 rings (SSSR count). The summed E-state index contributed by atoms with van der Waals surface area (Å²) in [6, 6.07) is 7.04. The fraction of sp³-hybridized carbons (Fsp3) is 0.231. The van der Waals surface area contributed by atoms with Crippen molar-refractivity contribution < 1.29 is 14.3 Å². The van der Waals surface area contributed by atoms with Crippen LogP contribution in [0.15, 0.2) is 33.5 Å². The van der Waals surface area contributed by atoms with Gasteiger partial charge >= 0.3 is 5.63 Å². The first-order valence-corrected chi connectivity index (χ1v) is 5.56. The smallest absolute Gasteiger partial charge is 0.349 e. The Morgan fingerprint density at radius 1 is 1.39 bits per heavy atom. The predicted octanol–water partition coefficient (Wildman–Crippen LogP) is 0.824. The number of amides is 1. The van der Waals surface area contributed by atoms with Crippen LogP contribution >= 0.6 is 0 Å². The third-order valence-corrected chi connectivity index (χ3v) is 2.70. The van der Waals surface area contributed by atoms with Crippen molar-refractivity contribution in [2.75, 3.05) is 13.2 Å². The number of benzene rings is 1. The van der Waals surface area contributed by atoms with Crippen molar-refractivity contribution in [3.05, 3.63) is 45.8 Å². The van der Waals surface area contributed by atoms with Crippen LogP contribution in [0.5, 0.6) is 0 Å². The van der Waals surface area contributed by atoms with Gasteiger partial charge in [-0.2, -0.15) is 0 Å². The molecule has 5 nitrogen and oxygen atoms in total. The summed E-state index contributed by atoms with van der Waals surface area (Å²) in [6.45, 7) is 1.63. The van der Waals surface area contributed by atoms with Crippen LogP contribution in [0.25, 0.3) is 11.0 Å². The minimum atomic E-state index is -0.665. The van der Waals surface area contributed by atoms with E-state index in [1.54, 1.807) is 25.1 Å². The molecule has 5 heteroatoms. The first-order chi connectivity index (χ1) is 8.65. The van der Waals surface area contributed by atoms with Crippen molar-refractivity contribution >= 4 is 16.9 Å². The van der Waals surface area contributed by atoms with E-state index in [2.05, 4.69) is 5.32 Å². The largest absolute Gasteiger partial charge is 0.422 e. The highest BCUT2D eigenvalue weighted by atomic mass is 16.4. The van der Waals surface area contributed by atoms with Gasteiger partial charge in [-0.05, 0) is 18.6 Å². The van der Waals surface area contributed by atoms with Crippen LogP contribution in [0, 0.1) is 6.92 Å². The monoisotopic (exact) mass is 247 g/mol. The van der Waals surface area contributed by atoms with Crippen molar-refractivity contribution in [2.24, 2.45) is 0 Å². The maximum absolute atomic E-state index is 11.8. The van der Waals surface area contributed by atoms with Gasteiger partial charge in [0.15, 0.2) is 0 Å². The topological polar surface area (TPSA) is 79.5 Å². The van der Waals surface area contributed by atoms with Gasteiger partial charge in [0.25, 0.3) is 5.91 Å². The number of aliphatic hydroxyl groups excluding tert-OH is 1. The minimum Gasteiger partial charge on any atom is -0.422 e. The number of nitrogens with one attached hydrogen (secondary N) is 1. The molecule has 1 aromatic heterocycles. The summed E-state index contributed by atoms with van der Waals surface area (Å²) in [7, 11) is 0. The van der Waals surface area contributed by atoms with Gasteiger partial charge in [-0.3, -0.25) is 4.79 Å². The third-order valence-electron chi connectivity index (χ3n) is 2.70. The van der Waals surface area contributed by atoms with Crippen LogP contribution < -0.4 is 10.9 Å². The average Bonchev–Trinajstić information content (AvgIpc) is 2.36. The second kappa shape index (κ2) is 5.01. The summed E-state index contributed by atoms with van der Waals surface area (Å²) in [4.78, 5) is 23.6. The lowest BCUT2D eigenvalue weighted by Gasteiger charge is -2.07. The molecule has 1 aromatic carbocycles. The van der Waals surface area contributed by atoms with E-state index in [1.165, 1.54) is 0 Å². The molecule has 0 aliphatic rings. The average molecular weight is 247 g/mol. The van der Waals surface area contributed by atoms with E-state index in [0.29, 0.717) is 11.1 Å².